The summed E-state index contributed by atoms with van der Waals surface area (Å²) in [5, 5.41) is 2.76. The second-order valence-electron chi connectivity index (χ2n) is 5.29. The molecule has 3 N–H and O–H groups in total. The van der Waals surface area contributed by atoms with Gasteiger partial charge in [0.1, 0.15) is 0 Å². The van der Waals surface area contributed by atoms with Gasteiger partial charge in [0.05, 0.1) is 11.1 Å². The van der Waals surface area contributed by atoms with Gasteiger partial charge in [-0.1, -0.05) is 12.1 Å². The second-order valence-corrected chi connectivity index (χ2v) is 5.29. The van der Waals surface area contributed by atoms with E-state index in [1.807, 2.05) is 6.07 Å². The molecule has 1 aliphatic rings. The van der Waals surface area contributed by atoms with Crippen LogP contribution in [0.5, 0.6) is 0 Å². The molecular formula is C17H16ClN3O3. The maximum atomic E-state index is 12.3. The number of nitrogens with one attached hydrogen (secondary N) is 1. The number of hydrogen-bond acceptors (Lipinski definition) is 4. The number of carbonyl (C=O) groups is 3. The molecular weight excluding hydrogens is 330 g/mol. The summed E-state index contributed by atoms with van der Waals surface area (Å²) >= 11 is 0. The maximum absolute atomic E-state index is 12.3. The zero-order chi connectivity index (χ0) is 16.6. The summed E-state index contributed by atoms with van der Waals surface area (Å²) in [4.78, 5) is 37.2. The van der Waals surface area contributed by atoms with E-state index in [2.05, 4.69) is 5.32 Å². The third-order valence-electron chi connectivity index (χ3n) is 3.77. The SMILES string of the molecule is CN1C(=O)c2ccc(C(=O)Nc3cccc(CN)c3)cc2C1=O.Cl. The Morgan fingerprint density at radius 1 is 1.08 bits per heavy atom. The van der Waals surface area contributed by atoms with Crippen molar-refractivity contribution in [2.75, 3.05) is 12.4 Å². The van der Waals surface area contributed by atoms with Crippen LogP contribution in [0.2, 0.25) is 0 Å². The number of rotatable bonds is 3. The van der Waals surface area contributed by atoms with E-state index in [1.54, 1.807) is 18.2 Å². The third-order valence-corrected chi connectivity index (χ3v) is 3.77. The van der Waals surface area contributed by atoms with Gasteiger partial charge < -0.3 is 11.1 Å². The molecule has 0 saturated heterocycles. The van der Waals surface area contributed by atoms with Crippen LogP contribution in [0.15, 0.2) is 42.5 Å². The highest BCUT2D eigenvalue weighted by atomic mass is 35.5. The summed E-state index contributed by atoms with van der Waals surface area (Å²) in [6, 6.07) is 11.7. The number of nitrogens with two attached hydrogens (primary N) is 1. The highest BCUT2D eigenvalue weighted by Crippen LogP contribution is 2.23. The fourth-order valence-electron chi connectivity index (χ4n) is 2.48. The van der Waals surface area contributed by atoms with Crippen LogP contribution in [0.25, 0.3) is 0 Å². The molecule has 1 heterocycles. The standard InChI is InChI=1S/C17H15N3O3.ClH/c1-20-16(22)13-6-5-11(8-14(13)17(20)23)15(21)19-12-4-2-3-10(7-12)9-18;/h2-8H,9,18H2,1H3,(H,19,21);1H. The van der Waals surface area contributed by atoms with E-state index in [1.165, 1.54) is 25.2 Å². The first kappa shape index (κ1) is 17.7. The molecule has 24 heavy (non-hydrogen) atoms. The van der Waals surface area contributed by atoms with Crippen molar-refractivity contribution in [3.8, 4) is 0 Å². The number of amides is 3. The molecule has 0 bridgehead atoms. The Bertz CT molecular complexity index is 836. The van der Waals surface area contributed by atoms with Crippen LogP contribution < -0.4 is 11.1 Å². The van der Waals surface area contributed by atoms with Crippen LogP contribution in [0.4, 0.5) is 5.69 Å². The fourth-order valence-corrected chi connectivity index (χ4v) is 2.48. The van der Waals surface area contributed by atoms with Crippen LogP contribution in [0.1, 0.15) is 36.6 Å². The van der Waals surface area contributed by atoms with Crippen molar-refractivity contribution in [3.63, 3.8) is 0 Å². The third kappa shape index (κ3) is 3.02. The lowest BCUT2D eigenvalue weighted by molar-refractivity contribution is 0.0693. The predicted octanol–water partition coefficient (Wildman–Crippen LogP) is 2.05. The van der Waals surface area contributed by atoms with Gasteiger partial charge in [0.2, 0.25) is 0 Å². The van der Waals surface area contributed by atoms with Gasteiger partial charge in [0.15, 0.2) is 0 Å². The van der Waals surface area contributed by atoms with E-state index >= 15 is 0 Å². The zero-order valence-corrected chi connectivity index (χ0v) is 13.7. The Morgan fingerprint density at radius 2 is 1.79 bits per heavy atom. The lowest BCUT2D eigenvalue weighted by Crippen LogP contribution is -2.24. The van der Waals surface area contributed by atoms with Crippen LogP contribution >= 0.6 is 12.4 Å². The highest BCUT2D eigenvalue weighted by Gasteiger charge is 2.33. The van der Waals surface area contributed by atoms with Crippen molar-refractivity contribution in [2.24, 2.45) is 5.73 Å². The van der Waals surface area contributed by atoms with E-state index in [4.69, 9.17) is 5.73 Å². The summed E-state index contributed by atoms with van der Waals surface area (Å²) in [6.07, 6.45) is 0. The number of nitrogens with zero attached hydrogens (tertiary/aromatic N) is 1. The Balaban J connectivity index is 0.00000208. The van der Waals surface area contributed by atoms with Crippen molar-refractivity contribution in [3.05, 3.63) is 64.7 Å². The Morgan fingerprint density at radius 3 is 2.50 bits per heavy atom. The van der Waals surface area contributed by atoms with Crippen LogP contribution in [0.3, 0.4) is 0 Å². The van der Waals surface area contributed by atoms with Gasteiger partial charge in [-0.3, -0.25) is 19.3 Å². The molecule has 6 nitrogen and oxygen atoms in total. The molecule has 0 fully saturated rings. The van der Waals surface area contributed by atoms with Gasteiger partial charge in [-0.15, -0.1) is 12.4 Å². The lowest BCUT2D eigenvalue weighted by Gasteiger charge is -2.07. The van der Waals surface area contributed by atoms with Crippen LogP contribution in [-0.2, 0) is 6.54 Å². The van der Waals surface area contributed by atoms with Crippen LogP contribution in [-0.4, -0.2) is 29.7 Å². The molecule has 2 aromatic carbocycles. The lowest BCUT2D eigenvalue weighted by atomic mass is 10.1. The molecule has 0 unspecified atom stereocenters. The largest absolute Gasteiger partial charge is 0.326 e. The maximum Gasteiger partial charge on any atom is 0.261 e. The van der Waals surface area contributed by atoms with Crippen molar-refractivity contribution in [2.45, 2.75) is 6.54 Å². The molecule has 3 amide bonds. The van der Waals surface area contributed by atoms with Crippen molar-refractivity contribution >= 4 is 35.8 Å². The Hall–Kier alpha value is -2.70. The Kier molecular flexibility index (Phi) is 5.02. The number of hydrogen-bond donors (Lipinski definition) is 2. The van der Waals surface area contributed by atoms with E-state index in [9.17, 15) is 14.4 Å². The number of benzene rings is 2. The summed E-state index contributed by atoms with van der Waals surface area (Å²) in [7, 11) is 1.42. The minimum Gasteiger partial charge on any atom is -0.326 e. The number of fused-ring (bicyclic) bond motifs is 1. The number of imide groups is 1. The molecule has 0 atom stereocenters. The topological polar surface area (TPSA) is 92.5 Å². The first-order chi connectivity index (χ1) is 11.0. The van der Waals surface area contributed by atoms with Gasteiger partial charge in [-0.05, 0) is 35.9 Å². The number of halogens is 1. The van der Waals surface area contributed by atoms with E-state index in [0.29, 0.717) is 23.4 Å². The minimum atomic E-state index is -0.398. The first-order valence-electron chi connectivity index (χ1n) is 7.08. The van der Waals surface area contributed by atoms with E-state index < -0.39 is 5.91 Å². The highest BCUT2D eigenvalue weighted by molar-refractivity contribution is 6.22. The van der Waals surface area contributed by atoms with E-state index in [-0.39, 0.29) is 29.8 Å². The number of anilines is 1. The smallest absolute Gasteiger partial charge is 0.261 e. The molecule has 0 aliphatic carbocycles. The Labute approximate surface area is 145 Å². The van der Waals surface area contributed by atoms with Gasteiger partial charge in [-0.2, -0.15) is 0 Å². The molecule has 7 heteroatoms. The monoisotopic (exact) mass is 345 g/mol. The molecule has 0 aromatic heterocycles. The van der Waals surface area contributed by atoms with Crippen molar-refractivity contribution in [1.29, 1.82) is 0 Å². The average Bonchev–Trinajstić information content (AvgIpc) is 2.79. The van der Waals surface area contributed by atoms with Crippen molar-refractivity contribution in [1.82, 2.24) is 4.90 Å². The van der Waals surface area contributed by atoms with Gasteiger partial charge in [0.25, 0.3) is 17.7 Å². The fraction of sp³-hybridized carbons (Fsp3) is 0.118. The molecule has 124 valence electrons. The minimum absolute atomic E-state index is 0. The molecule has 0 saturated carbocycles. The normalized spacial score (nSPS) is 12.7. The van der Waals surface area contributed by atoms with E-state index in [0.717, 1.165) is 10.5 Å². The molecule has 1 aliphatic heterocycles. The van der Waals surface area contributed by atoms with Gasteiger partial charge >= 0.3 is 0 Å². The van der Waals surface area contributed by atoms with Crippen molar-refractivity contribution < 1.29 is 14.4 Å². The van der Waals surface area contributed by atoms with Gasteiger partial charge in [0, 0.05) is 24.8 Å². The average molecular weight is 346 g/mol. The zero-order valence-electron chi connectivity index (χ0n) is 12.9. The summed E-state index contributed by atoms with van der Waals surface area (Å²) in [5.74, 6) is -1.10. The first-order valence-corrected chi connectivity index (χ1v) is 7.08. The van der Waals surface area contributed by atoms with Gasteiger partial charge in [-0.25, -0.2) is 0 Å². The quantitative estimate of drug-likeness (QED) is 0.833. The molecule has 3 rings (SSSR count). The number of carbonyl (C=O) groups excluding carboxylic acids is 3. The molecule has 0 spiro atoms. The van der Waals surface area contributed by atoms with Crippen LogP contribution in [0, 0.1) is 0 Å². The predicted molar refractivity (Wildman–Crippen MR) is 92.4 cm³/mol. The summed E-state index contributed by atoms with van der Waals surface area (Å²) < 4.78 is 0. The summed E-state index contributed by atoms with van der Waals surface area (Å²) in [6.45, 7) is 0.380. The molecule has 2 aromatic rings. The second kappa shape index (κ2) is 6.82. The summed E-state index contributed by atoms with van der Waals surface area (Å²) in [5.41, 5.74) is 7.99. The molecule has 0 radical (unpaired) electrons.